The van der Waals surface area contributed by atoms with Gasteiger partial charge in [-0.1, -0.05) is 60.7 Å². The summed E-state index contributed by atoms with van der Waals surface area (Å²) in [5.41, 5.74) is -1.22. The van der Waals surface area contributed by atoms with Crippen molar-refractivity contribution in [2.45, 2.75) is 87.7 Å². The quantitative estimate of drug-likeness (QED) is 0.111. The fraction of sp³-hybridized carbons (Fsp3) is 0.556. The van der Waals surface area contributed by atoms with E-state index >= 15 is 0 Å². The molecule has 4 unspecified atom stereocenters. The molecule has 4 aliphatic heterocycles. The molecule has 4 atom stereocenters. The first-order valence-corrected chi connectivity index (χ1v) is 17.0. The summed E-state index contributed by atoms with van der Waals surface area (Å²) in [4.78, 5) is 52.1. The van der Waals surface area contributed by atoms with Crippen LogP contribution in [-0.4, -0.2) is 97.5 Å². The second-order valence-electron chi connectivity index (χ2n) is 13.8. The van der Waals surface area contributed by atoms with E-state index < -0.39 is 47.2 Å². The zero-order valence-corrected chi connectivity index (χ0v) is 27.5. The van der Waals surface area contributed by atoms with E-state index in [-0.39, 0.29) is 25.5 Å². The first-order valence-electron chi connectivity index (χ1n) is 17.0. The Kier molecular flexibility index (Phi) is 10.0. The van der Waals surface area contributed by atoms with Crippen LogP contribution in [0.1, 0.15) is 68.9 Å². The van der Waals surface area contributed by atoms with Crippen LogP contribution >= 0.6 is 0 Å². The molecule has 48 heavy (non-hydrogen) atoms. The van der Waals surface area contributed by atoms with Crippen molar-refractivity contribution in [3.05, 3.63) is 77.0 Å². The zero-order chi connectivity index (χ0) is 33.8. The number of hydroxylamine groups is 3. The van der Waals surface area contributed by atoms with Crippen molar-refractivity contribution in [1.82, 2.24) is 0 Å². The third kappa shape index (κ3) is 7.20. The molecule has 4 saturated heterocycles. The molecule has 0 radical (unpaired) electrons. The lowest BCUT2D eigenvalue weighted by Gasteiger charge is -2.47. The highest BCUT2D eigenvalue weighted by Crippen LogP contribution is 2.47. The van der Waals surface area contributed by atoms with Crippen LogP contribution in [0.15, 0.2) is 60.7 Å². The summed E-state index contributed by atoms with van der Waals surface area (Å²) in [7, 11) is 1.52. The Hall–Kier alpha value is -4.00. The van der Waals surface area contributed by atoms with Crippen LogP contribution in [0, 0.1) is 5.21 Å². The predicted octanol–water partition coefficient (Wildman–Crippen LogP) is 4.47. The van der Waals surface area contributed by atoms with Crippen LogP contribution in [0.3, 0.4) is 0 Å². The molecule has 0 aliphatic carbocycles. The SMILES string of the molecule is C[N+]1([O-])CCC(OC(=O)CCC(=O)OCOC(=O)OC(C(=O)OC2CC3CCC(C2)[N+]32CCCC2)(c2ccccc2)c2ccccc2)C1. The monoisotopic (exact) mass is 665 g/mol. The summed E-state index contributed by atoms with van der Waals surface area (Å²) < 4.78 is 28.3. The Bertz CT molecular complexity index is 1400. The summed E-state index contributed by atoms with van der Waals surface area (Å²) in [5.74, 6) is -2.13. The maximum absolute atomic E-state index is 14.4. The van der Waals surface area contributed by atoms with Gasteiger partial charge in [0.1, 0.15) is 12.6 Å². The molecule has 4 aliphatic rings. The van der Waals surface area contributed by atoms with E-state index in [0.29, 0.717) is 36.2 Å². The van der Waals surface area contributed by atoms with Gasteiger partial charge in [-0.2, -0.15) is 0 Å². The third-order valence-electron chi connectivity index (χ3n) is 10.7. The Balaban J connectivity index is 1.10. The lowest BCUT2D eigenvalue weighted by molar-refractivity contribution is -0.956. The van der Waals surface area contributed by atoms with E-state index in [9.17, 15) is 24.4 Å². The number of hydrogen-bond acceptors (Lipinski definition) is 10. The van der Waals surface area contributed by atoms with Crippen LogP contribution in [0.4, 0.5) is 4.79 Å². The first-order chi connectivity index (χ1) is 23.1. The minimum Gasteiger partial charge on any atom is -0.633 e. The fourth-order valence-corrected chi connectivity index (χ4v) is 8.39. The van der Waals surface area contributed by atoms with Crippen LogP contribution in [0.25, 0.3) is 0 Å². The minimum absolute atomic E-state index is 0.175. The highest BCUT2D eigenvalue weighted by atomic mass is 16.8. The minimum atomic E-state index is -1.98. The number of esters is 3. The number of likely N-dealkylation sites (tertiary alicyclic amines) is 1. The van der Waals surface area contributed by atoms with Crippen LogP contribution in [0.5, 0.6) is 0 Å². The molecular weight excluding hydrogens is 620 g/mol. The van der Waals surface area contributed by atoms with Crippen molar-refractivity contribution < 1.29 is 52.0 Å². The number of benzene rings is 2. The Morgan fingerprint density at radius 2 is 1.33 bits per heavy atom. The Labute approximate surface area is 280 Å². The number of hydrogen-bond donors (Lipinski definition) is 0. The van der Waals surface area contributed by atoms with E-state index in [1.807, 2.05) is 0 Å². The average molecular weight is 666 g/mol. The molecule has 0 aromatic heterocycles. The van der Waals surface area contributed by atoms with E-state index in [0.717, 1.165) is 30.2 Å². The highest BCUT2D eigenvalue weighted by molar-refractivity contribution is 5.88. The smallest absolute Gasteiger partial charge is 0.513 e. The maximum Gasteiger partial charge on any atom is 0.513 e. The Morgan fingerprint density at radius 3 is 1.90 bits per heavy atom. The molecule has 12 heteroatoms. The average Bonchev–Trinajstić information content (AvgIpc) is 3.74. The van der Waals surface area contributed by atoms with Crippen LogP contribution in [0.2, 0.25) is 0 Å². The largest absolute Gasteiger partial charge is 0.633 e. The fourth-order valence-electron chi connectivity index (χ4n) is 8.39. The number of rotatable bonds is 11. The molecule has 0 saturated carbocycles. The predicted molar refractivity (Wildman–Crippen MR) is 170 cm³/mol. The van der Waals surface area contributed by atoms with E-state index in [1.165, 1.54) is 33.0 Å². The molecule has 258 valence electrons. The third-order valence-corrected chi connectivity index (χ3v) is 10.7. The number of piperidine rings is 1. The van der Waals surface area contributed by atoms with Crippen molar-refractivity contribution in [3.8, 4) is 0 Å². The van der Waals surface area contributed by atoms with Gasteiger partial charge in [0, 0.05) is 56.1 Å². The second-order valence-corrected chi connectivity index (χ2v) is 13.8. The molecule has 0 amide bonds. The standard InChI is InChI=1S/C36H45N2O10/c1-37(43)21-18-30(24-37)46-33(40)17-16-32(39)44-25-45-35(42)48-36(26-10-4-2-5-11-26,27-12-6-3-7-13-27)34(41)47-31-22-28-14-15-29(23-31)38(28)19-8-9-20-38/h2-7,10-13,28-31H,8-9,14-25H2,1H3/q+1. The van der Waals surface area contributed by atoms with Gasteiger partial charge < -0.3 is 38.0 Å². The topological polar surface area (TPSA) is 137 Å². The summed E-state index contributed by atoms with van der Waals surface area (Å²) in [6.07, 6.45) is 4.17. The van der Waals surface area contributed by atoms with Gasteiger partial charge in [0.15, 0.2) is 6.10 Å². The molecule has 4 fully saturated rings. The lowest BCUT2D eigenvalue weighted by atomic mass is 9.85. The summed E-state index contributed by atoms with van der Waals surface area (Å²) in [6, 6.07) is 18.3. The van der Waals surface area contributed by atoms with E-state index in [4.69, 9.17) is 23.7 Å². The van der Waals surface area contributed by atoms with Crippen molar-refractivity contribution in [2.24, 2.45) is 0 Å². The molecule has 4 heterocycles. The maximum atomic E-state index is 14.4. The molecule has 2 aromatic carbocycles. The molecule has 0 N–H and O–H groups in total. The Morgan fingerprint density at radius 1 is 0.750 bits per heavy atom. The summed E-state index contributed by atoms with van der Waals surface area (Å²) in [6.45, 7) is 2.14. The van der Waals surface area contributed by atoms with Crippen molar-refractivity contribution in [1.29, 1.82) is 0 Å². The molecule has 1 spiro atoms. The molecular formula is C36H45N2O10+. The van der Waals surface area contributed by atoms with Crippen molar-refractivity contribution in [2.75, 3.05) is 40.0 Å². The molecule has 2 bridgehead atoms. The van der Waals surface area contributed by atoms with Gasteiger partial charge >= 0.3 is 24.1 Å². The number of nitrogens with zero attached hydrogens (tertiary/aromatic N) is 2. The van der Waals surface area contributed by atoms with Crippen molar-refractivity contribution in [3.63, 3.8) is 0 Å². The van der Waals surface area contributed by atoms with Gasteiger partial charge in [-0.05, 0) is 0 Å². The van der Waals surface area contributed by atoms with Crippen LogP contribution in [-0.2, 0) is 43.7 Å². The number of carbonyl (C=O) groups excluding carboxylic acids is 4. The second kappa shape index (κ2) is 14.2. The number of quaternary nitrogens is 2. The van der Waals surface area contributed by atoms with E-state index in [1.54, 1.807) is 60.7 Å². The number of likely N-dealkylation sites (N-methyl/N-ethyl adjacent to an activating group) is 1. The number of carbonyl (C=O) groups is 4. The van der Waals surface area contributed by atoms with Gasteiger partial charge in [-0.15, -0.1) is 0 Å². The molecule has 2 aromatic rings. The van der Waals surface area contributed by atoms with Gasteiger partial charge in [0.2, 0.25) is 6.79 Å². The van der Waals surface area contributed by atoms with Crippen molar-refractivity contribution >= 4 is 24.1 Å². The van der Waals surface area contributed by atoms with Gasteiger partial charge in [-0.3, -0.25) is 9.59 Å². The van der Waals surface area contributed by atoms with Crippen LogP contribution < -0.4 is 0 Å². The summed E-state index contributed by atoms with van der Waals surface area (Å²) >= 11 is 0. The van der Waals surface area contributed by atoms with Gasteiger partial charge in [0.05, 0.1) is 51.6 Å². The molecule has 6 rings (SSSR count). The lowest BCUT2D eigenvalue weighted by Crippen LogP contribution is -2.60. The highest BCUT2D eigenvalue weighted by Gasteiger charge is 2.57. The normalized spacial score (nSPS) is 27.3. The zero-order valence-electron chi connectivity index (χ0n) is 27.5. The first kappa shape index (κ1) is 33.9. The van der Waals surface area contributed by atoms with Gasteiger partial charge in [-0.25, -0.2) is 9.59 Å². The number of ether oxygens (including phenoxy) is 5. The summed E-state index contributed by atoms with van der Waals surface area (Å²) in [5, 5.41) is 12.0. The van der Waals surface area contributed by atoms with Gasteiger partial charge in [0.25, 0.3) is 5.60 Å². The molecule has 12 nitrogen and oxygen atoms in total. The van der Waals surface area contributed by atoms with E-state index in [2.05, 4.69) is 0 Å².